The molecule has 3 nitrogen and oxygen atoms in total. The van der Waals surface area contributed by atoms with Crippen LogP contribution < -0.4 is 5.32 Å². The van der Waals surface area contributed by atoms with Crippen molar-refractivity contribution in [1.29, 1.82) is 0 Å². The van der Waals surface area contributed by atoms with Gasteiger partial charge in [-0.15, -0.1) is 0 Å². The first kappa shape index (κ1) is 20.7. The maximum Gasteiger partial charge on any atom is 0.252 e. The van der Waals surface area contributed by atoms with Crippen LogP contribution >= 0.6 is 15.9 Å². The van der Waals surface area contributed by atoms with Gasteiger partial charge in [-0.1, -0.05) is 53.2 Å². The summed E-state index contributed by atoms with van der Waals surface area (Å²) in [6.45, 7) is 6.51. The summed E-state index contributed by atoms with van der Waals surface area (Å²) < 4.78 is 0.976. The quantitative estimate of drug-likeness (QED) is 0.436. The number of rotatable bonds is 3. The molecule has 31 heavy (non-hydrogen) atoms. The van der Waals surface area contributed by atoms with E-state index in [-0.39, 0.29) is 11.4 Å². The summed E-state index contributed by atoms with van der Waals surface area (Å²) in [6, 6.07) is 14.3. The summed E-state index contributed by atoms with van der Waals surface area (Å²) in [5.41, 5.74) is 6.04. The van der Waals surface area contributed by atoms with E-state index in [4.69, 9.17) is 4.98 Å². The summed E-state index contributed by atoms with van der Waals surface area (Å²) >= 11 is 3.63. The lowest BCUT2D eigenvalue weighted by molar-refractivity contribution is 0.0339. The minimum atomic E-state index is -0.0507. The van der Waals surface area contributed by atoms with E-state index in [2.05, 4.69) is 53.3 Å². The lowest BCUT2D eigenvalue weighted by atomic mass is 9.58. The molecule has 1 amide bonds. The number of aromatic nitrogens is 1. The fourth-order valence-electron chi connectivity index (χ4n) is 5.62. The van der Waals surface area contributed by atoms with Crippen molar-refractivity contribution < 1.29 is 4.79 Å². The Kier molecular flexibility index (Phi) is 4.97. The number of pyridine rings is 1. The van der Waals surface area contributed by atoms with Crippen molar-refractivity contribution in [1.82, 2.24) is 10.3 Å². The Hall–Kier alpha value is -2.20. The zero-order valence-electron chi connectivity index (χ0n) is 18.5. The number of carbonyl (C=O) groups excluding carboxylic acids is 1. The van der Waals surface area contributed by atoms with Gasteiger partial charge in [0.1, 0.15) is 0 Å². The molecular weight excluding hydrogens is 448 g/mol. The highest BCUT2D eigenvalue weighted by atomic mass is 79.9. The van der Waals surface area contributed by atoms with Crippen molar-refractivity contribution in [3.05, 3.63) is 63.6 Å². The van der Waals surface area contributed by atoms with Crippen LogP contribution in [0.5, 0.6) is 0 Å². The number of nitrogens with zero attached hydrogens (tertiary/aromatic N) is 1. The third-order valence-electron chi connectivity index (χ3n) is 7.76. The number of nitrogens with one attached hydrogen (secondary N) is 1. The molecule has 0 spiro atoms. The molecule has 0 atom stereocenters. The molecule has 3 aliphatic rings. The Balaban J connectivity index is 1.64. The third-order valence-corrected chi connectivity index (χ3v) is 8.22. The smallest absolute Gasteiger partial charge is 0.252 e. The highest BCUT2D eigenvalue weighted by Crippen LogP contribution is 2.52. The topological polar surface area (TPSA) is 42.0 Å². The Morgan fingerprint density at radius 2 is 1.65 bits per heavy atom. The maximum absolute atomic E-state index is 13.9. The minimum absolute atomic E-state index is 0.0464. The van der Waals surface area contributed by atoms with Crippen LogP contribution in [0.15, 0.2) is 46.9 Å². The van der Waals surface area contributed by atoms with Crippen molar-refractivity contribution >= 4 is 32.7 Å². The average molecular weight is 477 g/mol. The summed E-state index contributed by atoms with van der Waals surface area (Å²) in [5.74, 6) is 0.0464. The van der Waals surface area contributed by atoms with E-state index in [1.807, 2.05) is 31.2 Å². The molecule has 2 bridgehead atoms. The molecule has 4 heteroatoms. The molecule has 1 heterocycles. The SMILES string of the molecule is Cc1c(-c2ccccc2)nc2c(C)cc(Br)cc2c1C(=O)NC12CCC(C)(CC1)CC2. The summed E-state index contributed by atoms with van der Waals surface area (Å²) in [4.78, 5) is 18.9. The molecule has 160 valence electrons. The standard InChI is InChI=1S/C27H29BrN2O/c1-17-15-20(28)16-21-22(18(2)24(29-23(17)21)19-7-5-4-6-8-19)25(31)30-27-12-9-26(3,10-13-27)11-14-27/h4-8,15-16H,9-14H2,1-3H3,(H,30,31). The Morgan fingerprint density at radius 3 is 2.29 bits per heavy atom. The molecule has 1 N–H and O–H groups in total. The van der Waals surface area contributed by atoms with Gasteiger partial charge in [0.2, 0.25) is 0 Å². The van der Waals surface area contributed by atoms with Crippen molar-refractivity contribution in [2.24, 2.45) is 5.41 Å². The van der Waals surface area contributed by atoms with E-state index < -0.39 is 0 Å². The van der Waals surface area contributed by atoms with Gasteiger partial charge in [0.05, 0.1) is 16.8 Å². The van der Waals surface area contributed by atoms with E-state index in [0.29, 0.717) is 5.41 Å². The first-order valence-electron chi connectivity index (χ1n) is 11.3. The molecule has 0 unspecified atom stereocenters. The number of benzene rings is 2. The van der Waals surface area contributed by atoms with Gasteiger partial charge in [-0.25, -0.2) is 4.98 Å². The molecule has 3 aromatic rings. The highest BCUT2D eigenvalue weighted by Gasteiger charge is 2.47. The molecule has 2 aromatic carbocycles. The number of carbonyl (C=O) groups is 1. The normalized spacial score (nSPS) is 25.0. The van der Waals surface area contributed by atoms with Gasteiger partial charge < -0.3 is 5.32 Å². The van der Waals surface area contributed by atoms with Gasteiger partial charge >= 0.3 is 0 Å². The average Bonchev–Trinajstić information content (AvgIpc) is 2.75. The summed E-state index contributed by atoms with van der Waals surface area (Å²) in [7, 11) is 0. The Labute approximate surface area is 192 Å². The fourth-order valence-corrected chi connectivity index (χ4v) is 6.20. The number of halogens is 1. The summed E-state index contributed by atoms with van der Waals surface area (Å²) in [6.07, 6.45) is 6.90. The monoisotopic (exact) mass is 476 g/mol. The van der Waals surface area contributed by atoms with E-state index in [1.54, 1.807) is 0 Å². The predicted octanol–water partition coefficient (Wildman–Crippen LogP) is 7.12. The number of hydrogen-bond donors (Lipinski definition) is 1. The molecule has 0 radical (unpaired) electrons. The summed E-state index contributed by atoms with van der Waals surface area (Å²) in [5, 5.41) is 4.45. The molecule has 0 saturated heterocycles. The number of fused-ring (bicyclic) bond motifs is 4. The van der Waals surface area contributed by atoms with Gasteiger partial charge in [-0.2, -0.15) is 0 Å². The number of hydrogen-bond acceptors (Lipinski definition) is 2. The van der Waals surface area contributed by atoms with Crippen molar-refractivity contribution in [2.75, 3.05) is 0 Å². The highest BCUT2D eigenvalue weighted by molar-refractivity contribution is 9.10. The Bertz CT molecular complexity index is 1160. The van der Waals surface area contributed by atoms with Crippen LogP contribution in [0.4, 0.5) is 0 Å². The van der Waals surface area contributed by atoms with Crippen LogP contribution in [-0.4, -0.2) is 16.4 Å². The minimum Gasteiger partial charge on any atom is -0.347 e. The van der Waals surface area contributed by atoms with Gasteiger partial charge in [0.15, 0.2) is 0 Å². The second kappa shape index (κ2) is 7.44. The third kappa shape index (κ3) is 3.59. The molecule has 1 aromatic heterocycles. The molecule has 6 rings (SSSR count). The molecule has 0 aliphatic heterocycles. The first-order valence-corrected chi connectivity index (χ1v) is 12.1. The lowest BCUT2D eigenvalue weighted by Crippen LogP contribution is -2.56. The van der Waals surface area contributed by atoms with Crippen LogP contribution in [0.1, 0.15) is 66.9 Å². The van der Waals surface area contributed by atoms with Gasteiger partial charge in [-0.3, -0.25) is 4.79 Å². The van der Waals surface area contributed by atoms with Crippen LogP contribution in [0.3, 0.4) is 0 Å². The predicted molar refractivity (Wildman–Crippen MR) is 130 cm³/mol. The fraction of sp³-hybridized carbons (Fsp3) is 0.407. The second-order valence-electron chi connectivity index (χ2n) is 9.99. The second-order valence-corrected chi connectivity index (χ2v) is 10.9. The van der Waals surface area contributed by atoms with Crippen LogP contribution in [-0.2, 0) is 0 Å². The van der Waals surface area contributed by atoms with Crippen molar-refractivity contribution in [2.45, 2.75) is 64.8 Å². The van der Waals surface area contributed by atoms with Gasteiger partial charge in [0.25, 0.3) is 5.91 Å². The van der Waals surface area contributed by atoms with Gasteiger partial charge in [-0.05, 0) is 81.0 Å². The zero-order valence-corrected chi connectivity index (χ0v) is 20.1. The van der Waals surface area contributed by atoms with Crippen LogP contribution in [0, 0.1) is 19.3 Å². The Morgan fingerprint density at radius 1 is 1.00 bits per heavy atom. The van der Waals surface area contributed by atoms with Gasteiger partial charge in [0, 0.05) is 21.0 Å². The van der Waals surface area contributed by atoms with E-state index in [0.717, 1.165) is 62.6 Å². The van der Waals surface area contributed by atoms with Crippen LogP contribution in [0.25, 0.3) is 22.2 Å². The number of aryl methyl sites for hydroxylation is 1. The lowest BCUT2D eigenvalue weighted by Gasteiger charge is -2.52. The molecular formula is C27H29BrN2O. The largest absolute Gasteiger partial charge is 0.347 e. The number of amides is 1. The molecule has 3 aliphatic carbocycles. The molecule has 3 fully saturated rings. The first-order chi connectivity index (χ1) is 14.8. The van der Waals surface area contributed by atoms with Crippen LogP contribution in [0.2, 0.25) is 0 Å². The zero-order chi connectivity index (χ0) is 21.8. The van der Waals surface area contributed by atoms with Crippen molar-refractivity contribution in [3.8, 4) is 11.3 Å². The molecule has 3 saturated carbocycles. The van der Waals surface area contributed by atoms with E-state index in [9.17, 15) is 4.79 Å². The maximum atomic E-state index is 13.9. The van der Waals surface area contributed by atoms with E-state index in [1.165, 1.54) is 19.3 Å². The van der Waals surface area contributed by atoms with E-state index >= 15 is 0 Å². The van der Waals surface area contributed by atoms with Crippen molar-refractivity contribution in [3.63, 3.8) is 0 Å².